The van der Waals surface area contributed by atoms with Gasteiger partial charge < -0.3 is 15.4 Å². The molecule has 0 radical (unpaired) electrons. The Kier molecular flexibility index (Phi) is 3.66. The molecule has 0 saturated carbocycles. The van der Waals surface area contributed by atoms with Gasteiger partial charge in [0.25, 0.3) is 5.91 Å². The lowest BCUT2D eigenvalue weighted by atomic mass is 9.89. The van der Waals surface area contributed by atoms with Gasteiger partial charge in [-0.15, -0.1) is 11.3 Å². The number of amides is 1. The highest BCUT2D eigenvalue weighted by Crippen LogP contribution is 2.44. The highest BCUT2D eigenvalue weighted by molar-refractivity contribution is 7.13. The first kappa shape index (κ1) is 15.3. The highest BCUT2D eigenvalue weighted by atomic mass is 32.1. The number of alkyl halides is 3. The summed E-state index contributed by atoms with van der Waals surface area (Å²) < 4.78 is 45.1. The Morgan fingerprint density at radius 1 is 1.52 bits per heavy atom. The van der Waals surface area contributed by atoms with Crippen LogP contribution in [0.1, 0.15) is 6.92 Å². The van der Waals surface area contributed by atoms with Crippen LogP contribution in [0, 0.1) is 0 Å². The SMILES string of the molecule is COC(=O)C1=C(C)NC(=O)[C@]1(Nc1nccs1)C(F)(F)F. The molecule has 0 fully saturated rings. The van der Waals surface area contributed by atoms with Gasteiger partial charge in [0.2, 0.25) is 5.54 Å². The minimum absolute atomic E-state index is 0.140. The van der Waals surface area contributed by atoms with Crippen LogP contribution in [0.5, 0.6) is 0 Å². The lowest BCUT2D eigenvalue weighted by Gasteiger charge is -2.31. The predicted octanol–water partition coefficient (Wildman–Crippen LogP) is 1.43. The summed E-state index contributed by atoms with van der Waals surface area (Å²) in [5.41, 5.74) is -4.26. The van der Waals surface area contributed by atoms with Crippen LogP contribution < -0.4 is 10.6 Å². The fourth-order valence-corrected chi connectivity index (χ4v) is 2.62. The summed E-state index contributed by atoms with van der Waals surface area (Å²) in [6.07, 6.45) is -3.79. The molecule has 6 nitrogen and oxygen atoms in total. The summed E-state index contributed by atoms with van der Waals surface area (Å²) in [5.74, 6) is -2.64. The smallest absolute Gasteiger partial charge is 0.425 e. The van der Waals surface area contributed by atoms with Crippen molar-refractivity contribution < 1.29 is 27.5 Å². The van der Waals surface area contributed by atoms with Gasteiger partial charge in [-0.05, 0) is 6.92 Å². The molecule has 1 aromatic heterocycles. The monoisotopic (exact) mass is 321 g/mol. The molecule has 2 rings (SSSR count). The van der Waals surface area contributed by atoms with Crippen LogP contribution in [0.3, 0.4) is 0 Å². The number of carbonyl (C=O) groups excluding carboxylic acids is 2. The van der Waals surface area contributed by atoms with Crippen LogP contribution in [-0.2, 0) is 14.3 Å². The van der Waals surface area contributed by atoms with Crippen molar-refractivity contribution in [2.24, 2.45) is 0 Å². The second kappa shape index (κ2) is 5.02. The fraction of sp³-hybridized carbons (Fsp3) is 0.364. The van der Waals surface area contributed by atoms with E-state index in [2.05, 4.69) is 9.72 Å². The maximum Gasteiger partial charge on any atom is 0.425 e. The number of rotatable bonds is 3. The first-order chi connectivity index (χ1) is 9.74. The molecule has 1 aliphatic rings. The minimum Gasteiger partial charge on any atom is -0.466 e. The van der Waals surface area contributed by atoms with E-state index in [0.717, 1.165) is 18.4 Å². The molecule has 0 aromatic carbocycles. The number of nitrogens with zero attached hydrogens (tertiary/aromatic N) is 1. The molecular weight excluding hydrogens is 311 g/mol. The second-order valence-corrected chi connectivity index (χ2v) is 5.05. The summed E-state index contributed by atoms with van der Waals surface area (Å²) in [6.45, 7) is 1.20. The maximum absolute atomic E-state index is 13.6. The molecular formula is C11H10F3N3O3S. The molecule has 0 aliphatic carbocycles. The molecule has 21 heavy (non-hydrogen) atoms. The quantitative estimate of drug-likeness (QED) is 0.823. The Bertz CT molecular complexity index is 612. The molecule has 114 valence electrons. The third-order valence-corrected chi connectivity index (χ3v) is 3.62. The Morgan fingerprint density at radius 3 is 2.67 bits per heavy atom. The van der Waals surface area contributed by atoms with Crippen molar-refractivity contribution in [2.45, 2.75) is 18.6 Å². The summed E-state index contributed by atoms with van der Waals surface area (Å²) >= 11 is 0.872. The number of nitrogens with one attached hydrogen (secondary N) is 2. The minimum atomic E-state index is -5.07. The first-order valence-electron chi connectivity index (χ1n) is 5.59. The molecule has 10 heteroatoms. The van der Waals surface area contributed by atoms with E-state index in [4.69, 9.17) is 0 Å². The number of aromatic nitrogens is 1. The Morgan fingerprint density at radius 2 is 2.19 bits per heavy atom. The van der Waals surface area contributed by atoms with Gasteiger partial charge >= 0.3 is 12.1 Å². The molecule has 1 atom stereocenters. The number of halogens is 3. The van der Waals surface area contributed by atoms with Gasteiger partial charge in [0.05, 0.1) is 7.11 Å². The summed E-state index contributed by atoms with van der Waals surface area (Å²) in [5, 5.41) is 5.36. The van der Waals surface area contributed by atoms with Crippen molar-refractivity contribution in [2.75, 3.05) is 12.4 Å². The third-order valence-electron chi connectivity index (χ3n) is 2.93. The number of carbonyl (C=O) groups is 2. The van der Waals surface area contributed by atoms with Crippen LogP contribution in [0.25, 0.3) is 0 Å². The number of hydrogen-bond acceptors (Lipinski definition) is 6. The van der Waals surface area contributed by atoms with E-state index >= 15 is 0 Å². The number of hydrogen-bond donors (Lipinski definition) is 2. The molecule has 1 aromatic rings. The Balaban J connectivity index is 2.62. The van der Waals surface area contributed by atoms with Crippen LogP contribution in [0.2, 0.25) is 0 Å². The average molecular weight is 321 g/mol. The predicted molar refractivity (Wildman–Crippen MR) is 67.4 cm³/mol. The largest absolute Gasteiger partial charge is 0.466 e. The van der Waals surface area contributed by atoms with E-state index in [0.29, 0.717) is 0 Å². The van der Waals surface area contributed by atoms with Gasteiger partial charge in [-0.1, -0.05) is 0 Å². The third kappa shape index (κ3) is 2.24. The normalized spacial score (nSPS) is 22.2. The molecule has 0 spiro atoms. The van der Waals surface area contributed by atoms with E-state index in [1.165, 1.54) is 18.5 Å². The topological polar surface area (TPSA) is 80.3 Å². The van der Waals surface area contributed by atoms with Crippen molar-refractivity contribution in [3.63, 3.8) is 0 Å². The van der Waals surface area contributed by atoms with Gasteiger partial charge in [-0.3, -0.25) is 4.79 Å². The summed E-state index contributed by atoms with van der Waals surface area (Å²) in [6, 6.07) is 0. The van der Waals surface area contributed by atoms with Crippen molar-refractivity contribution in [3.8, 4) is 0 Å². The second-order valence-electron chi connectivity index (χ2n) is 4.16. The Labute approximate surface area is 121 Å². The van der Waals surface area contributed by atoms with Crippen LogP contribution in [0.15, 0.2) is 22.8 Å². The maximum atomic E-state index is 13.6. The number of methoxy groups -OCH3 is 1. The van der Waals surface area contributed by atoms with E-state index < -0.39 is 29.2 Å². The van der Waals surface area contributed by atoms with Crippen molar-refractivity contribution >= 4 is 28.3 Å². The van der Waals surface area contributed by atoms with Gasteiger partial charge in [0.15, 0.2) is 5.13 Å². The van der Waals surface area contributed by atoms with Gasteiger partial charge in [0.1, 0.15) is 5.57 Å². The molecule has 0 bridgehead atoms. The van der Waals surface area contributed by atoms with Crippen LogP contribution >= 0.6 is 11.3 Å². The van der Waals surface area contributed by atoms with E-state index in [-0.39, 0.29) is 10.8 Å². The zero-order chi connectivity index (χ0) is 15.8. The van der Waals surface area contributed by atoms with Gasteiger partial charge in [-0.2, -0.15) is 13.2 Å². The lowest BCUT2D eigenvalue weighted by molar-refractivity contribution is -0.178. The number of ether oxygens (including phenoxy) is 1. The standard InChI is InChI=1S/C11H10F3N3O3S/c1-5-6(7(18)20-2)10(8(19)16-5,11(12,13)14)17-9-15-3-4-21-9/h3-4H,1-2H3,(H,15,17)(H,16,19)/t10-/m0/s1. The zero-order valence-electron chi connectivity index (χ0n) is 10.9. The average Bonchev–Trinajstić information content (AvgIpc) is 2.96. The fourth-order valence-electron chi connectivity index (χ4n) is 2.04. The molecule has 0 unspecified atom stereocenters. The van der Waals surface area contributed by atoms with Gasteiger partial charge in [-0.25, -0.2) is 9.78 Å². The van der Waals surface area contributed by atoms with Gasteiger partial charge in [0, 0.05) is 17.3 Å². The molecule has 1 amide bonds. The summed E-state index contributed by atoms with van der Waals surface area (Å²) in [4.78, 5) is 27.3. The van der Waals surface area contributed by atoms with Crippen molar-refractivity contribution in [1.82, 2.24) is 10.3 Å². The van der Waals surface area contributed by atoms with Crippen molar-refractivity contribution in [1.29, 1.82) is 0 Å². The number of anilines is 1. The van der Waals surface area contributed by atoms with E-state index in [1.807, 2.05) is 10.6 Å². The lowest BCUT2D eigenvalue weighted by Crippen LogP contribution is -2.60. The number of thiazole rings is 1. The zero-order valence-corrected chi connectivity index (χ0v) is 11.7. The molecule has 2 heterocycles. The molecule has 2 N–H and O–H groups in total. The van der Waals surface area contributed by atoms with Crippen LogP contribution in [-0.4, -0.2) is 35.7 Å². The highest BCUT2D eigenvalue weighted by Gasteiger charge is 2.68. The summed E-state index contributed by atoms with van der Waals surface area (Å²) in [7, 11) is 0.940. The van der Waals surface area contributed by atoms with E-state index in [9.17, 15) is 22.8 Å². The first-order valence-corrected chi connectivity index (χ1v) is 6.47. The number of esters is 1. The van der Waals surface area contributed by atoms with Crippen LogP contribution in [0.4, 0.5) is 18.3 Å². The van der Waals surface area contributed by atoms with Crippen molar-refractivity contribution in [3.05, 3.63) is 22.8 Å². The van der Waals surface area contributed by atoms with E-state index in [1.54, 1.807) is 0 Å². The molecule has 0 saturated heterocycles. The Hall–Kier alpha value is -2.10. The number of allylic oxidation sites excluding steroid dienone is 1. The molecule has 1 aliphatic heterocycles.